The van der Waals surface area contributed by atoms with E-state index in [0.29, 0.717) is 6.42 Å². The van der Waals surface area contributed by atoms with E-state index in [1.54, 1.807) is 12.2 Å². The number of carboxylic acid groups (broad SMARTS) is 1. The standard InChI is InChI=1S/C13H22N2O3/c1-13(2,3)10(14)7-11(16)15-9-5-4-8(6-9)12(17)18/h4-5,8-10H,6-7,14H2,1-3H3,(H,15,16)(H,17,18). The molecule has 0 aliphatic heterocycles. The Hall–Kier alpha value is -1.36. The largest absolute Gasteiger partial charge is 0.481 e. The van der Waals surface area contributed by atoms with Crippen molar-refractivity contribution in [3.8, 4) is 0 Å². The first kappa shape index (κ1) is 14.7. The third-order valence-corrected chi connectivity index (χ3v) is 3.26. The Labute approximate surface area is 107 Å². The van der Waals surface area contributed by atoms with Gasteiger partial charge in [-0.2, -0.15) is 0 Å². The van der Waals surface area contributed by atoms with Crippen molar-refractivity contribution in [1.82, 2.24) is 5.32 Å². The van der Waals surface area contributed by atoms with Gasteiger partial charge < -0.3 is 16.2 Å². The maximum absolute atomic E-state index is 11.8. The number of carbonyl (C=O) groups is 2. The Balaban J connectivity index is 2.39. The van der Waals surface area contributed by atoms with Gasteiger partial charge in [-0.05, 0) is 11.8 Å². The number of amides is 1. The zero-order chi connectivity index (χ0) is 13.9. The van der Waals surface area contributed by atoms with Crippen molar-refractivity contribution in [2.45, 2.75) is 45.7 Å². The molecule has 102 valence electrons. The quantitative estimate of drug-likeness (QED) is 0.650. The van der Waals surface area contributed by atoms with Crippen LogP contribution in [0.4, 0.5) is 0 Å². The lowest BCUT2D eigenvalue weighted by atomic mass is 9.85. The molecular formula is C13H22N2O3. The maximum atomic E-state index is 11.8. The highest BCUT2D eigenvalue weighted by Gasteiger charge is 2.27. The second-order valence-electron chi connectivity index (χ2n) is 5.92. The predicted molar refractivity (Wildman–Crippen MR) is 68.9 cm³/mol. The average molecular weight is 254 g/mol. The third kappa shape index (κ3) is 4.14. The molecule has 0 bridgehead atoms. The van der Waals surface area contributed by atoms with E-state index < -0.39 is 11.9 Å². The zero-order valence-electron chi connectivity index (χ0n) is 11.1. The predicted octanol–water partition coefficient (Wildman–Crippen LogP) is 0.895. The van der Waals surface area contributed by atoms with Crippen LogP contribution >= 0.6 is 0 Å². The van der Waals surface area contributed by atoms with Crippen LogP contribution in [0.25, 0.3) is 0 Å². The molecule has 1 amide bonds. The Kier molecular flexibility index (Phi) is 4.51. The van der Waals surface area contributed by atoms with E-state index in [-0.39, 0.29) is 29.8 Å². The summed E-state index contributed by atoms with van der Waals surface area (Å²) in [5.74, 6) is -1.47. The van der Waals surface area contributed by atoms with Gasteiger partial charge in [0.2, 0.25) is 5.91 Å². The van der Waals surface area contributed by atoms with Crippen molar-refractivity contribution in [3.05, 3.63) is 12.2 Å². The molecule has 0 aromatic carbocycles. The molecule has 5 heteroatoms. The molecule has 18 heavy (non-hydrogen) atoms. The number of nitrogens with one attached hydrogen (secondary N) is 1. The van der Waals surface area contributed by atoms with E-state index in [2.05, 4.69) is 5.32 Å². The van der Waals surface area contributed by atoms with E-state index in [4.69, 9.17) is 10.8 Å². The van der Waals surface area contributed by atoms with Crippen LogP contribution in [-0.4, -0.2) is 29.1 Å². The molecule has 1 aliphatic carbocycles. The van der Waals surface area contributed by atoms with Gasteiger partial charge in [-0.15, -0.1) is 0 Å². The lowest BCUT2D eigenvalue weighted by Crippen LogP contribution is -2.42. The summed E-state index contributed by atoms with van der Waals surface area (Å²) >= 11 is 0. The van der Waals surface area contributed by atoms with Crippen molar-refractivity contribution in [3.63, 3.8) is 0 Å². The summed E-state index contributed by atoms with van der Waals surface area (Å²) in [6.07, 6.45) is 4.04. The van der Waals surface area contributed by atoms with Crippen LogP contribution in [0.5, 0.6) is 0 Å². The van der Waals surface area contributed by atoms with Gasteiger partial charge in [0.05, 0.1) is 5.92 Å². The summed E-state index contributed by atoms with van der Waals surface area (Å²) in [6, 6.07) is -0.399. The van der Waals surface area contributed by atoms with Crippen LogP contribution in [-0.2, 0) is 9.59 Å². The number of carbonyl (C=O) groups excluding carboxylic acids is 1. The fourth-order valence-electron chi connectivity index (χ4n) is 1.76. The van der Waals surface area contributed by atoms with E-state index in [0.717, 1.165) is 0 Å². The van der Waals surface area contributed by atoms with Crippen LogP contribution < -0.4 is 11.1 Å². The second-order valence-corrected chi connectivity index (χ2v) is 5.92. The minimum absolute atomic E-state index is 0.119. The minimum atomic E-state index is -0.852. The summed E-state index contributed by atoms with van der Waals surface area (Å²) < 4.78 is 0. The molecule has 1 rings (SSSR count). The Bertz CT molecular complexity index is 358. The molecule has 0 aromatic rings. The van der Waals surface area contributed by atoms with Gasteiger partial charge in [0.25, 0.3) is 0 Å². The molecule has 0 saturated heterocycles. The molecule has 5 nitrogen and oxygen atoms in total. The Morgan fingerprint density at radius 3 is 2.50 bits per heavy atom. The highest BCUT2D eigenvalue weighted by atomic mass is 16.4. The van der Waals surface area contributed by atoms with E-state index in [1.807, 2.05) is 20.8 Å². The van der Waals surface area contributed by atoms with Gasteiger partial charge in [-0.25, -0.2) is 0 Å². The number of aliphatic carboxylic acids is 1. The number of hydrogen-bond acceptors (Lipinski definition) is 3. The van der Waals surface area contributed by atoms with Crippen molar-refractivity contribution >= 4 is 11.9 Å². The molecule has 0 heterocycles. The number of nitrogens with two attached hydrogens (primary N) is 1. The molecule has 0 saturated carbocycles. The highest BCUT2D eigenvalue weighted by molar-refractivity contribution is 5.78. The maximum Gasteiger partial charge on any atom is 0.310 e. The van der Waals surface area contributed by atoms with E-state index in [1.165, 1.54) is 0 Å². The summed E-state index contributed by atoms with van der Waals surface area (Å²) in [7, 11) is 0. The fourth-order valence-corrected chi connectivity index (χ4v) is 1.76. The summed E-state index contributed by atoms with van der Waals surface area (Å²) in [6.45, 7) is 5.96. The zero-order valence-corrected chi connectivity index (χ0v) is 11.1. The minimum Gasteiger partial charge on any atom is -0.481 e. The molecule has 0 spiro atoms. The molecular weight excluding hydrogens is 232 g/mol. The van der Waals surface area contributed by atoms with Crippen molar-refractivity contribution < 1.29 is 14.7 Å². The van der Waals surface area contributed by atoms with Crippen LogP contribution in [0.2, 0.25) is 0 Å². The summed E-state index contributed by atoms with van der Waals surface area (Å²) in [5.41, 5.74) is 5.81. The third-order valence-electron chi connectivity index (χ3n) is 3.26. The van der Waals surface area contributed by atoms with Crippen LogP contribution in [0, 0.1) is 11.3 Å². The first-order chi connectivity index (χ1) is 8.20. The van der Waals surface area contributed by atoms with Crippen molar-refractivity contribution in [1.29, 1.82) is 0 Å². The van der Waals surface area contributed by atoms with Crippen LogP contribution in [0.3, 0.4) is 0 Å². The SMILES string of the molecule is CC(C)(C)C(N)CC(=O)NC1C=CC(C(=O)O)C1. The first-order valence-electron chi connectivity index (χ1n) is 6.16. The van der Waals surface area contributed by atoms with Crippen LogP contribution in [0.15, 0.2) is 12.2 Å². The smallest absolute Gasteiger partial charge is 0.310 e. The molecule has 0 radical (unpaired) electrons. The van der Waals surface area contributed by atoms with Gasteiger partial charge >= 0.3 is 5.97 Å². The van der Waals surface area contributed by atoms with Crippen LogP contribution in [0.1, 0.15) is 33.6 Å². The lowest BCUT2D eigenvalue weighted by molar-refractivity contribution is -0.140. The molecule has 0 aromatic heterocycles. The Morgan fingerprint density at radius 1 is 1.44 bits per heavy atom. The summed E-state index contributed by atoms with van der Waals surface area (Å²) in [5, 5.41) is 11.6. The molecule has 3 unspecified atom stereocenters. The highest BCUT2D eigenvalue weighted by Crippen LogP contribution is 2.21. The number of hydrogen-bond donors (Lipinski definition) is 3. The lowest BCUT2D eigenvalue weighted by Gasteiger charge is -2.26. The number of carboxylic acids is 1. The van der Waals surface area contributed by atoms with Gasteiger partial charge in [0.15, 0.2) is 0 Å². The van der Waals surface area contributed by atoms with Gasteiger partial charge in [0, 0.05) is 18.5 Å². The molecule has 4 N–H and O–H groups in total. The number of rotatable bonds is 4. The molecule has 3 atom stereocenters. The van der Waals surface area contributed by atoms with E-state index in [9.17, 15) is 9.59 Å². The first-order valence-corrected chi connectivity index (χ1v) is 6.16. The normalized spacial score (nSPS) is 24.9. The van der Waals surface area contributed by atoms with Crippen molar-refractivity contribution in [2.24, 2.45) is 17.1 Å². The average Bonchev–Trinajstić information content (AvgIpc) is 2.64. The topological polar surface area (TPSA) is 92.4 Å². The van der Waals surface area contributed by atoms with E-state index >= 15 is 0 Å². The van der Waals surface area contributed by atoms with Gasteiger partial charge in [-0.1, -0.05) is 32.9 Å². The Morgan fingerprint density at radius 2 is 2.06 bits per heavy atom. The second kappa shape index (κ2) is 5.52. The van der Waals surface area contributed by atoms with Crippen molar-refractivity contribution in [2.75, 3.05) is 0 Å². The molecule has 0 fully saturated rings. The van der Waals surface area contributed by atoms with Gasteiger partial charge in [0.1, 0.15) is 0 Å². The molecule has 1 aliphatic rings. The summed E-state index contributed by atoms with van der Waals surface area (Å²) in [4.78, 5) is 22.5. The van der Waals surface area contributed by atoms with Gasteiger partial charge in [-0.3, -0.25) is 9.59 Å². The monoisotopic (exact) mass is 254 g/mol. The fraction of sp³-hybridized carbons (Fsp3) is 0.692.